The molecule has 106 valence electrons. The van der Waals surface area contributed by atoms with Gasteiger partial charge in [-0.05, 0) is 24.3 Å². The summed E-state index contributed by atoms with van der Waals surface area (Å²) < 4.78 is 19.1. The van der Waals surface area contributed by atoms with E-state index in [2.05, 4.69) is 9.97 Å². The van der Waals surface area contributed by atoms with Gasteiger partial charge >= 0.3 is 0 Å². The smallest absolute Gasteiger partial charge is 0.164 e. The average Bonchev–Trinajstić information content (AvgIpc) is 2.48. The molecule has 2 aromatic carbocycles. The van der Waals surface area contributed by atoms with Crippen LogP contribution in [0.25, 0.3) is 22.3 Å². The molecule has 0 aliphatic carbocycles. The second-order valence-electron chi connectivity index (χ2n) is 4.32. The third-order valence-corrected chi connectivity index (χ3v) is 3.64. The number of fused-ring (bicyclic) bond motifs is 1. The van der Waals surface area contributed by atoms with Crippen molar-refractivity contribution >= 4 is 34.1 Å². The molecule has 0 aliphatic heterocycles. The van der Waals surface area contributed by atoms with Gasteiger partial charge in [0.1, 0.15) is 16.7 Å². The predicted molar refractivity (Wildman–Crippen MR) is 81.5 cm³/mol. The van der Waals surface area contributed by atoms with E-state index in [-0.39, 0.29) is 16.5 Å². The molecule has 3 nitrogen and oxygen atoms in total. The Labute approximate surface area is 130 Å². The van der Waals surface area contributed by atoms with Crippen molar-refractivity contribution in [1.29, 1.82) is 0 Å². The topological polar surface area (TPSA) is 35.0 Å². The van der Waals surface area contributed by atoms with Crippen molar-refractivity contribution in [3.63, 3.8) is 0 Å². The lowest BCUT2D eigenvalue weighted by Crippen LogP contribution is -1.95. The molecule has 6 heteroatoms. The molecule has 0 saturated heterocycles. The zero-order valence-corrected chi connectivity index (χ0v) is 12.4. The molecule has 0 N–H and O–H groups in total. The second-order valence-corrected chi connectivity index (χ2v) is 5.09. The van der Waals surface area contributed by atoms with E-state index in [9.17, 15) is 4.39 Å². The number of halogens is 3. The molecule has 0 bridgehead atoms. The standard InChI is InChI=1S/C15H9Cl2FN2O/c1-21-8-5-6-9(12(18)7-8)15-19-13-10(14(17)20-15)3-2-4-11(13)16/h2-7H,1H3. The highest BCUT2D eigenvalue weighted by Crippen LogP contribution is 2.30. The van der Waals surface area contributed by atoms with Crippen LogP contribution in [0, 0.1) is 5.82 Å². The van der Waals surface area contributed by atoms with Gasteiger partial charge < -0.3 is 4.74 Å². The highest BCUT2D eigenvalue weighted by molar-refractivity contribution is 6.38. The minimum Gasteiger partial charge on any atom is -0.497 e. The highest BCUT2D eigenvalue weighted by Gasteiger charge is 2.14. The zero-order chi connectivity index (χ0) is 15.0. The number of hydrogen-bond donors (Lipinski definition) is 0. The van der Waals surface area contributed by atoms with Gasteiger partial charge in [0, 0.05) is 11.5 Å². The molecule has 1 aromatic heterocycles. The molecular weight excluding hydrogens is 314 g/mol. The normalized spacial score (nSPS) is 10.9. The van der Waals surface area contributed by atoms with E-state index in [0.717, 1.165) is 0 Å². The Kier molecular flexibility index (Phi) is 3.66. The summed E-state index contributed by atoms with van der Waals surface area (Å²) in [6, 6.07) is 9.66. The average molecular weight is 323 g/mol. The molecule has 0 unspecified atom stereocenters. The highest BCUT2D eigenvalue weighted by atomic mass is 35.5. The minimum atomic E-state index is -0.489. The molecule has 0 radical (unpaired) electrons. The van der Waals surface area contributed by atoms with Crippen molar-refractivity contribution in [1.82, 2.24) is 9.97 Å². The van der Waals surface area contributed by atoms with Crippen LogP contribution in [-0.4, -0.2) is 17.1 Å². The largest absolute Gasteiger partial charge is 0.497 e. The summed E-state index contributed by atoms with van der Waals surface area (Å²) in [5.74, 6) is 0.110. The van der Waals surface area contributed by atoms with Gasteiger partial charge in [0.25, 0.3) is 0 Å². The van der Waals surface area contributed by atoms with E-state index in [0.29, 0.717) is 21.7 Å². The van der Waals surface area contributed by atoms with Crippen LogP contribution in [0.15, 0.2) is 36.4 Å². The molecule has 0 fully saturated rings. The Morgan fingerprint density at radius 2 is 1.90 bits per heavy atom. The van der Waals surface area contributed by atoms with Gasteiger partial charge in [-0.25, -0.2) is 14.4 Å². The van der Waals surface area contributed by atoms with Crippen molar-refractivity contribution in [3.05, 3.63) is 52.4 Å². The van der Waals surface area contributed by atoms with Gasteiger partial charge in [-0.15, -0.1) is 0 Å². The number of nitrogens with zero attached hydrogens (tertiary/aromatic N) is 2. The third kappa shape index (κ3) is 2.52. The molecular formula is C15H9Cl2FN2O. The van der Waals surface area contributed by atoms with Gasteiger partial charge in [0.2, 0.25) is 0 Å². The maximum atomic E-state index is 14.1. The Hall–Kier alpha value is -1.91. The molecule has 1 heterocycles. The molecule has 3 aromatic rings. The van der Waals surface area contributed by atoms with E-state index in [1.165, 1.54) is 13.2 Å². The number of ether oxygens (including phenoxy) is 1. The summed E-state index contributed by atoms with van der Waals surface area (Å²) in [6.07, 6.45) is 0. The summed E-state index contributed by atoms with van der Waals surface area (Å²) in [7, 11) is 1.47. The fourth-order valence-corrected chi connectivity index (χ4v) is 2.45. The Bertz CT molecular complexity index is 839. The van der Waals surface area contributed by atoms with Crippen molar-refractivity contribution in [2.45, 2.75) is 0 Å². The molecule has 0 spiro atoms. The van der Waals surface area contributed by atoms with Crippen molar-refractivity contribution in [2.75, 3.05) is 7.11 Å². The summed E-state index contributed by atoms with van der Waals surface area (Å²) in [6.45, 7) is 0. The lowest BCUT2D eigenvalue weighted by Gasteiger charge is -2.07. The Morgan fingerprint density at radius 3 is 2.62 bits per heavy atom. The van der Waals surface area contributed by atoms with Crippen LogP contribution in [0.5, 0.6) is 5.75 Å². The summed E-state index contributed by atoms with van der Waals surface area (Å²) >= 11 is 12.3. The Morgan fingerprint density at radius 1 is 1.10 bits per heavy atom. The van der Waals surface area contributed by atoms with E-state index < -0.39 is 5.82 Å². The number of para-hydroxylation sites is 1. The number of aromatic nitrogens is 2. The fourth-order valence-electron chi connectivity index (χ4n) is 2.00. The molecule has 0 atom stereocenters. The fraction of sp³-hybridized carbons (Fsp3) is 0.0667. The first kappa shape index (κ1) is 14.0. The second kappa shape index (κ2) is 5.47. The van der Waals surface area contributed by atoms with Crippen LogP contribution < -0.4 is 4.74 Å². The van der Waals surface area contributed by atoms with Crippen LogP contribution >= 0.6 is 23.2 Å². The number of hydrogen-bond acceptors (Lipinski definition) is 3. The monoisotopic (exact) mass is 322 g/mol. The van der Waals surface area contributed by atoms with Crippen molar-refractivity contribution in [2.24, 2.45) is 0 Å². The molecule has 0 saturated carbocycles. The maximum absolute atomic E-state index is 14.1. The quantitative estimate of drug-likeness (QED) is 0.638. The van der Waals surface area contributed by atoms with E-state index in [1.54, 1.807) is 30.3 Å². The van der Waals surface area contributed by atoms with E-state index >= 15 is 0 Å². The number of rotatable bonds is 2. The van der Waals surface area contributed by atoms with Gasteiger partial charge in [-0.3, -0.25) is 0 Å². The number of benzene rings is 2. The molecule has 0 amide bonds. The van der Waals surface area contributed by atoms with Crippen LogP contribution in [0.2, 0.25) is 10.2 Å². The first-order chi connectivity index (χ1) is 10.1. The van der Waals surface area contributed by atoms with Gasteiger partial charge in [-0.2, -0.15) is 0 Å². The van der Waals surface area contributed by atoms with Crippen LogP contribution in [0.4, 0.5) is 4.39 Å². The maximum Gasteiger partial charge on any atom is 0.164 e. The van der Waals surface area contributed by atoms with Crippen molar-refractivity contribution < 1.29 is 9.13 Å². The van der Waals surface area contributed by atoms with Crippen LogP contribution in [-0.2, 0) is 0 Å². The van der Waals surface area contributed by atoms with E-state index in [4.69, 9.17) is 27.9 Å². The third-order valence-electron chi connectivity index (χ3n) is 3.05. The first-order valence-electron chi connectivity index (χ1n) is 6.06. The van der Waals surface area contributed by atoms with Gasteiger partial charge in [0.15, 0.2) is 5.82 Å². The SMILES string of the molecule is COc1ccc(-c2nc(Cl)c3cccc(Cl)c3n2)c(F)c1. The summed E-state index contributed by atoms with van der Waals surface area (Å²) in [5.41, 5.74) is 0.726. The molecule has 21 heavy (non-hydrogen) atoms. The Balaban J connectivity index is 2.24. The van der Waals surface area contributed by atoms with Crippen LogP contribution in [0.3, 0.4) is 0 Å². The lowest BCUT2D eigenvalue weighted by molar-refractivity contribution is 0.411. The first-order valence-corrected chi connectivity index (χ1v) is 6.81. The predicted octanol–water partition coefficient (Wildman–Crippen LogP) is 4.75. The van der Waals surface area contributed by atoms with Gasteiger partial charge in [-0.1, -0.05) is 29.3 Å². The molecule has 0 aliphatic rings. The summed E-state index contributed by atoms with van der Waals surface area (Å²) in [4.78, 5) is 8.46. The zero-order valence-electron chi connectivity index (χ0n) is 10.9. The van der Waals surface area contributed by atoms with Crippen LogP contribution in [0.1, 0.15) is 0 Å². The summed E-state index contributed by atoms with van der Waals surface area (Å²) in [5, 5.41) is 1.29. The lowest BCUT2D eigenvalue weighted by atomic mass is 10.1. The molecule has 3 rings (SSSR count). The van der Waals surface area contributed by atoms with Crippen molar-refractivity contribution in [3.8, 4) is 17.1 Å². The number of methoxy groups -OCH3 is 1. The minimum absolute atomic E-state index is 0.181. The van der Waals surface area contributed by atoms with Gasteiger partial charge in [0.05, 0.1) is 23.2 Å². The van der Waals surface area contributed by atoms with E-state index in [1.807, 2.05) is 0 Å².